The first kappa shape index (κ1) is 12.2. The van der Waals surface area contributed by atoms with E-state index in [0.717, 1.165) is 18.2 Å². The van der Waals surface area contributed by atoms with Crippen LogP contribution < -0.4 is 0 Å². The fourth-order valence-electron chi connectivity index (χ4n) is 0.626. The van der Waals surface area contributed by atoms with E-state index in [4.69, 9.17) is 13.9 Å². The fourth-order valence-corrected chi connectivity index (χ4v) is 2.33. The summed E-state index contributed by atoms with van der Waals surface area (Å²) >= 11 is 4.10. The van der Waals surface area contributed by atoms with Gasteiger partial charge >= 0.3 is 9.28 Å². The first-order valence-electron chi connectivity index (χ1n) is 3.88. The molecule has 72 valence electrons. The summed E-state index contributed by atoms with van der Waals surface area (Å²) in [5.41, 5.74) is 0. The molecule has 0 saturated heterocycles. The van der Waals surface area contributed by atoms with Crippen LogP contribution in [0, 0.1) is 0 Å². The van der Waals surface area contributed by atoms with Gasteiger partial charge in [0.25, 0.3) is 0 Å². The van der Waals surface area contributed by atoms with Crippen molar-refractivity contribution in [2.75, 3.05) is 19.5 Å². The second-order valence-electron chi connectivity index (χ2n) is 2.20. The minimum Gasteiger partial charge on any atom is -0.398 e. The molecule has 0 spiro atoms. The molecule has 1 atom stereocenters. The van der Waals surface area contributed by atoms with Gasteiger partial charge in [-0.1, -0.05) is 6.08 Å². The first-order chi connectivity index (χ1) is 5.85. The number of hydrogen-bond donors (Lipinski definition) is 1. The number of rotatable bonds is 8. The molecule has 0 aromatic rings. The minimum absolute atomic E-state index is 0.410. The molecule has 0 aromatic heterocycles. The van der Waals surface area contributed by atoms with Crippen LogP contribution in [0.5, 0.6) is 0 Å². The highest BCUT2D eigenvalue weighted by Crippen LogP contribution is 2.01. The molecule has 0 heterocycles. The van der Waals surface area contributed by atoms with Gasteiger partial charge in [-0.25, -0.2) is 4.89 Å². The Bertz CT molecular complexity index is 113. The Morgan fingerprint density at radius 2 is 2.33 bits per heavy atom. The van der Waals surface area contributed by atoms with Crippen molar-refractivity contribution in [1.82, 2.24) is 0 Å². The normalized spacial score (nSPS) is 12.8. The fraction of sp³-hybridized carbons (Fsp3) is 0.714. The zero-order valence-corrected chi connectivity index (χ0v) is 9.41. The maximum absolute atomic E-state index is 5.12. The minimum atomic E-state index is -1.58. The summed E-state index contributed by atoms with van der Waals surface area (Å²) in [6.45, 7) is 3.91. The molecule has 0 aliphatic heterocycles. The summed E-state index contributed by atoms with van der Waals surface area (Å²) in [5.74, 6) is 0.859. The summed E-state index contributed by atoms with van der Waals surface area (Å²) in [5, 5.41) is 0. The maximum atomic E-state index is 5.12. The third kappa shape index (κ3) is 6.87. The van der Waals surface area contributed by atoms with Gasteiger partial charge in [-0.05, 0) is 18.2 Å². The van der Waals surface area contributed by atoms with Gasteiger partial charge < -0.3 is 4.43 Å². The molecule has 0 aromatic carbocycles. The molecule has 3 nitrogen and oxygen atoms in total. The molecule has 5 heteroatoms. The van der Waals surface area contributed by atoms with E-state index >= 15 is 0 Å². The largest absolute Gasteiger partial charge is 0.398 e. The highest BCUT2D eigenvalue weighted by atomic mass is 32.1. The van der Waals surface area contributed by atoms with Gasteiger partial charge in [0, 0.05) is 7.11 Å². The monoisotopic (exact) mass is 208 g/mol. The summed E-state index contributed by atoms with van der Waals surface area (Å²) < 4.78 is 10.2. The van der Waals surface area contributed by atoms with E-state index in [2.05, 4.69) is 19.2 Å². The standard InChI is InChI=1S/C7H16O3SSi/c1-3-5-9-10-12(8-2)7-4-6-11/h3,11-12H,1,4-7H2,2H3. The Kier molecular flexibility index (Phi) is 9.42. The molecule has 0 rings (SSSR count). The van der Waals surface area contributed by atoms with Gasteiger partial charge in [-0.2, -0.15) is 12.6 Å². The summed E-state index contributed by atoms with van der Waals surface area (Å²) in [6.07, 6.45) is 2.64. The van der Waals surface area contributed by atoms with Crippen molar-refractivity contribution in [2.24, 2.45) is 0 Å². The van der Waals surface area contributed by atoms with Gasteiger partial charge in [-0.15, -0.1) is 6.58 Å². The van der Waals surface area contributed by atoms with Crippen LogP contribution in [0.2, 0.25) is 6.04 Å². The molecule has 0 radical (unpaired) electrons. The lowest BCUT2D eigenvalue weighted by molar-refractivity contribution is -0.214. The van der Waals surface area contributed by atoms with Crippen molar-refractivity contribution in [1.29, 1.82) is 0 Å². The maximum Gasteiger partial charge on any atom is 0.359 e. The molecule has 0 aliphatic carbocycles. The summed E-state index contributed by atoms with van der Waals surface area (Å²) in [6, 6.07) is 0.928. The Balaban J connectivity index is 3.32. The predicted molar refractivity (Wildman–Crippen MR) is 54.7 cm³/mol. The molecule has 12 heavy (non-hydrogen) atoms. The lowest BCUT2D eigenvalue weighted by Crippen LogP contribution is -2.21. The van der Waals surface area contributed by atoms with Crippen molar-refractivity contribution in [3.8, 4) is 0 Å². The van der Waals surface area contributed by atoms with E-state index in [-0.39, 0.29) is 0 Å². The van der Waals surface area contributed by atoms with Crippen LogP contribution in [0.3, 0.4) is 0 Å². The van der Waals surface area contributed by atoms with Crippen molar-refractivity contribution in [2.45, 2.75) is 12.5 Å². The highest BCUT2D eigenvalue weighted by Gasteiger charge is 2.11. The smallest absolute Gasteiger partial charge is 0.359 e. The van der Waals surface area contributed by atoms with E-state index in [1.807, 2.05) is 0 Å². The molecule has 0 amide bonds. The predicted octanol–water partition coefficient (Wildman–Crippen LogP) is 1.31. The average Bonchev–Trinajstić information content (AvgIpc) is 2.11. The second kappa shape index (κ2) is 9.28. The lowest BCUT2D eigenvalue weighted by atomic mass is 10.6. The Labute approximate surface area is 80.9 Å². The molecular formula is C7H16O3SSi. The van der Waals surface area contributed by atoms with Crippen LogP contribution >= 0.6 is 12.6 Å². The van der Waals surface area contributed by atoms with Crippen LogP contribution in [0.4, 0.5) is 0 Å². The molecule has 0 saturated carbocycles. The van der Waals surface area contributed by atoms with Gasteiger partial charge in [0.05, 0.1) is 6.61 Å². The van der Waals surface area contributed by atoms with Gasteiger partial charge in [0.15, 0.2) is 0 Å². The van der Waals surface area contributed by atoms with E-state index in [1.54, 1.807) is 13.2 Å². The van der Waals surface area contributed by atoms with Crippen LogP contribution in [-0.2, 0) is 13.9 Å². The molecule has 1 unspecified atom stereocenters. The van der Waals surface area contributed by atoms with Crippen LogP contribution in [0.25, 0.3) is 0 Å². The molecule has 0 N–H and O–H groups in total. The van der Waals surface area contributed by atoms with Gasteiger partial charge in [0.1, 0.15) is 0 Å². The highest BCUT2D eigenvalue weighted by molar-refractivity contribution is 7.80. The zero-order valence-electron chi connectivity index (χ0n) is 7.36. The quantitative estimate of drug-likeness (QED) is 0.163. The Morgan fingerprint density at radius 3 is 2.83 bits per heavy atom. The zero-order chi connectivity index (χ0) is 9.23. The summed E-state index contributed by atoms with van der Waals surface area (Å²) in [4.78, 5) is 4.83. The second-order valence-corrected chi connectivity index (χ2v) is 4.75. The SMILES string of the molecule is C=CCOO[SiH](CCCS)OC. The molecule has 0 fully saturated rings. The topological polar surface area (TPSA) is 27.7 Å². The van der Waals surface area contributed by atoms with Crippen molar-refractivity contribution < 1.29 is 13.9 Å². The van der Waals surface area contributed by atoms with Crippen LogP contribution in [0.15, 0.2) is 12.7 Å². The molecule has 0 bridgehead atoms. The molecular weight excluding hydrogens is 192 g/mol. The number of thiol groups is 1. The number of hydrogen-bond acceptors (Lipinski definition) is 4. The van der Waals surface area contributed by atoms with Crippen molar-refractivity contribution in [3.63, 3.8) is 0 Å². The van der Waals surface area contributed by atoms with Gasteiger partial charge in [0.2, 0.25) is 0 Å². The third-order valence-corrected chi connectivity index (χ3v) is 3.29. The van der Waals surface area contributed by atoms with Crippen LogP contribution in [0.1, 0.15) is 6.42 Å². The third-order valence-electron chi connectivity index (χ3n) is 1.22. The van der Waals surface area contributed by atoms with E-state index < -0.39 is 9.28 Å². The Morgan fingerprint density at radius 1 is 1.58 bits per heavy atom. The van der Waals surface area contributed by atoms with Crippen molar-refractivity contribution in [3.05, 3.63) is 12.7 Å². The molecule has 0 aliphatic rings. The Hall–Kier alpha value is 0.187. The van der Waals surface area contributed by atoms with E-state index in [0.29, 0.717) is 6.61 Å². The van der Waals surface area contributed by atoms with E-state index in [9.17, 15) is 0 Å². The van der Waals surface area contributed by atoms with Gasteiger partial charge in [-0.3, -0.25) is 4.58 Å². The lowest BCUT2D eigenvalue weighted by Gasteiger charge is -2.11. The van der Waals surface area contributed by atoms with Crippen molar-refractivity contribution >= 4 is 21.9 Å². The summed E-state index contributed by atoms with van der Waals surface area (Å²) in [7, 11) is 0.0644. The van der Waals surface area contributed by atoms with E-state index in [1.165, 1.54) is 0 Å². The first-order valence-corrected chi connectivity index (χ1v) is 6.27. The van der Waals surface area contributed by atoms with Crippen LogP contribution in [-0.4, -0.2) is 28.8 Å². The average molecular weight is 208 g/mol.